The first-order valence-corrected chi connectivity index (χ1v) is 8.45. The van der Waals surface area contributed by atoms with Crippen LogP contribution in [-0.4, -0.2) is 17.0 Å². The number of aliphatic carboxylic acids is 1. The number of carbonyl (C=O) groups is 2. The molecule has 0 aliphatic carbocycles. The first-order chi connectivity index (χ1) is 11.8. The van der Waals surface area contributed by atoms with Gasteiger partial charge in [-0.25, -0.2) is 0 Å². The van der Waals surface area contributed by atoms with E-state index < -0.39 is 23.2 Å². The van der Waals surface area contributed by atoms with Crippen molar-refractivity contribution in [2.75, 3.05) is 0 Å². The zero-order valence-electron chi connectivity index (χ0n) is 14.9. The smallest absolute Gasteiger partial charge is 0.319 e. The molecule has 2 aromatic rings. The molecule has 0 saturated heterocycles. The molecule has 0 fully saturated rings. The lowest BCUT2D eigenvalue weighted by Gasteiger charge is -2.33. The third-order valence-corrected chi connectivity index (χ3v) is 4.78. The lowest BCUT2D eigenvalue weighted by Crippen LogP contribution is -2.46. The Hall–Kier alpha value is -2.62. The van der Waals surface area contributed by atoms with Crippen LogP contribution in [0.2, 0.25) is 0 Å². The Morgan fingerprint density at radius 1 is 1.00 bits per heavy atom. The molecule has 0 aliphatic rings. The minimum atomic E-state index is -1.64. The number of nitrogens with two attached hydrogens (primary N) is 1. The maximum atomic E-state index is 12.0. The summed E-state index contributed by atoms with van der Waals surface area (Å²) in [5, 5.41) is 9.68. The largest absolute Gasteiger partial charge is 0.480 e. The molecule has 0 aromatic heterocycles. The van der Waals surface area contributed by atoms with Crippen molar-refractivity contribution in [3.8, 4) is 11.1 Å². The van der Waals surface area contributed by atoms with E-state index in [1.165, 1.54) is 6.92 Å². The number of carboxylic acids is 1. The fourth-order valence-electron chi connectivity index (χ4n) is 3.14. The molecule has 4 heteroatoms. The van der Waals surface area contributed by atoms with Crippen LogP contribution in [0, 0.1) is 11.3 Å². The van der Waals surface area contributed by atoms with Crippen LogP contribution in [0.5, 0.6) is 0 Å². The Labute approximate surface area is 148 Å². The predicted molar refractivity (Wildman–Crippen MR) is 99.0 cm³/mol. The molecule has 2 rings (SSSR count). The second-order valence-corrected chi connectivity index (χ2v) is 7.04. The summed E-state index contributed by atoms with van der Waals surface area (Å²) in [5.74, 6) is -2.24. The van der Waals surface area contributed by atoms with Crippen molar-refractivity contribution in [1.29, 1.82) is 0 Å². The normalized spacial score (nSPS) is 14.7. The lowest BCUT2D eigenvalue weighted by molar-refractivity contribution is -0.155. The number of hydrogen-bond acceptors (Lipinski definition) is 2. The van der Waals surface area contributed by atoms with Gasteiger partial charge in [-0.05, 0) is 36.0 Å². The fourth-order valence-corrected chi connectivity index (χ4v) is 3.14. The predicted octanol–water partition coefficient (Wildman–Crippen LogP) is 4.06. The number of primary amides is 1. The maximum Gasteiger partial charge on any atom is 0.319 e. The van der Waals surface area contributed by atoms with Gasteiger partial charge in [-0.3, -0.25) is 9.59 Å². The summed E-state index contributed by atoms with van der Waals surface area (Å²) in [5.41, 5.74) is 6.80. The summed E-state index contributed by atoms with van der Waals surface area (Å²) in [6, 6.07) is 17.7. The average Bonchev–Trinajstić information content (AvgIpc) is 2.59. The molecule has 0 spiro atoms. The summed E-state index contributed by atoms with van der Waals surface area (Å²) in [7, 11) is 0. The Bertz CT molecular complexity index is 721. The van der Waals surface area contributed by atoms with Crippen LogP contribution in [-0.2, 0) is 9.59 Å². The van der Waals surface area contributed by atoms with Gasteiger partial charge < -0.3 is 10.8 Å². The minimum absolute atomic E-state index is 0.233. The highest BCUT2D eigenvalue weighted by Crippen LogP contribution is 2.41. The van der Waals surface area contributed by atoms with Gasteiger partial charge in [0.25, 0.3) is 0 Å². The molecule has 4 nitrogen and oxygen atoms in total. The van der Waals surface area contributed by atoms with Crippen LogP contribution in [0.3, 0.4) is 0 Å². The van der Waals surface area contributed by atoms with Gasteiger partial charge in [0.15, 0.2) is 0 Å². The summed E-state index contributed by atoms with van der Waals surface area (Å²) in [6.45, 7) is 5.44. The standard InChI is InChI=1S/C21H25NO3/c1-14(2)13-18(21(3,19(22)23)20(24)25)17-11-9-16(10-12-17)15-7-5-4-6-8-15/h4-12,14,18H,13H2,1-3H3,(H2,22,23)(H,24,25). The van der Waals surface area contributed by atoms with E-state index in [9.17, 15) is 14.7 Å². The molecule has 0 aliphatic heterocycles. The van der Waals surface area contributed by atoms with E-state index in [-0.39, 0.29) is 5.92 Å². The molecule has 0 radical (unpaired) electrons. The fraction of sp³-hybridized carbons (Fsp3) is 0.333. The van der Waals surface area contributed by atoms with E-state index in [0.717, 1.165) is 16.7 Å². The van der Waals surface area contributed by atoms with Gasteiger partial charge in [0.05, 0.1) is 0 Å². The molecular formula is C21H25NO3. The quantitative estimate of drug-likeness (QED) is 0.747. The summed E-state index contributed by atoms with van der Waals surface area (Å²) in [6.07, 6.45) is 0.566. The second-order valence-electron chi connectivity index (χ2n) is 7.04. The number of hydrogen-bond donors (Lipinski definition) is 2. The molecule has 25 heavy (non-hydrogen) atoms. The molecule has 3 N–H and O–H groups in total. The number of carboxylic acid groups (broad SMARTS) is 1. The molecule has 2 aromatic carbocycles. The Morgan fingerprint density at radius 3 is 1.96 bits per heavy atom. The van der Waals surface area contributed by atoms with Crippen LogP contribution >= 0.6 is 0 Å². The summed E-state index contributed by atoms with van der Waals surface area (Å²) in [4.78, 5) is 23.8. The zero-order chi connectivity index (χ0) is 18.6. The zero-order valence-corrected chi connectivity index (χ0v) is 14.9. The van der Waals surface area contributed by atoms with E-state index >= 15 is 0 Å². The number of amides is 1. The van der Waals surface area contributed by atoms with Gasteiger partial charge >= 0.3 is 5.97 Å². The second kappa shape index (κ2) is 7.51. The van der Waals surface area contributed by atoms with Crippen LogP contribution < -0.4 is 5.73 Å². The highest BCUT2D eigenvalue weighted by atomic mass is 16.4. The number of rotatable bonds is 7. The van der Waals surface area contributed by atoms with Crippen LogP contribution in [0.1, 0.15) is 38.7 Å². The molecule has 2 unspecified atom stereocenters. The average molecular weight is 339 g/mol. The topological polar surface area (TPSA) is 80.4 Å². The Kier molecular flexibility index (Phi) is 5.62. The molecule has 1 amide bonds. The highest BCUT2D eigenvalue weighted by Gasteiger charge is 2.47. The SMILES string of the molecule is CC(C)CC(c1ccc(-c2ccccc2)cc1)C(C)(C(N)=O)C(=O)O. The molecule has 0 heterocycles. The third-order valence-electron chi connectivity index (χ3n) is 4.78. The van der Waals surface area contributed by atoms with Crippen LogP contribution in [0.4, 0.5) is 0 Å². The van der Waals surface area contributed by atoms with Crippen molar-refractivity contribution in [2.45, 2.75) is 33.1 Å². The molecule has 0 saturated carbocycles. The summed E-state index contributed by atoms with van der Waals surface area (Å²) >= 11 is 0. The van der Waals surface area contributed by atoms with E-state index in [2.05, 4.69) is 0 Å². The minimum Gasteiger partial charge on any atom is -0.480 e. The number of benzene rings is 2. The first kappa shape index (κ1) is 18.7. The maximum absolute atomic E-state index is 12.0. The molecule has 0 bridgehead atoms. The third kappa shape index (κ3) is 3.90. The summed E-state index contributed by atoms with van der Waals surface area (Å²) < 4.78 is 0. The van der Waals surface area contributed by atoms with Gasteiger partial charge in [0, 0.05) is 5.92 Å². The van der Waals surface area contributed by atoms with Gasteiger partial charge in [-0.1, -0.05) is 68.4 Å². The molecular weight excluding hydrogens is 314 g/mol. The van der Waals surface area contributed by atoms with E-state index in [4.69, 9.17) is 5.73 Å². The van der Waals surface area contributed by atoms with Crippen molar-refractivity contribution in [2.24, 2.45) is 17.1 Å². The van der Waals surface area contributed by atoms with Gasteiger partial charge in [0.2, 0.25) is 5.91 Å². The lowest BCUT2D eigenvalue weighted by atomic mass is 9.69. The molecule has 2 atom stereocenters. The van der Waals surface area contributed by atoms with Crippen LogP contribution in [0.25, 0.3) is 11.1 Å². The van der Waals surface area contributed by atoms with Crippen molar-refractivity contribution in [3.05, 3.63) is 60.2 Å². The Morgan fingerprint density at radius 2 is 1.52 bits per heavy atom. The van der Waals surface area contributed by atoms with Crippen molar-refractivity contribution in [3.63, 3.8) is 0 Å². The van der Waals surface area contributed by atoms with Crippen molar-refractivity contribution < 1.29 is 14.7 Å². The van der Waals surface area contributed by atoms with Gasteiger partial charge in [0.1, 0.15) is 5.41 Å². The van der Waals surface area contributed by atoms with Gasteiger partial charge in [-0.15, -0.1) is 0 Å². The van der Waals surface area contributed by atoms with Crippen molar-refractivity contribution >= 4 is 11.9 Å². The monoisotopic (exact) mass is 339 g/mol. The van der Waals surface area contributed by atoms with E-state index in [1.807, 2.05) is 68.4 Å². The van der Waals surface area contributed by atoms with Gasteiger partial charge in [-0.2, -0.15) is 0 Å². The number of carbonyl (C=O) groups excluding carboxylic acids is 1. The highest BCUT2D eigenvalue weighted by molar-refractivity contribution is 6.01. The van der Waals surface area contributed by atoms with E-state index in [0.29, 0.717) is 6.42 Å². The molecule has 132 valence electrons. The van der Waals surface area contributed by atoms with Crippen LogP contribution in [0.15, 0.2) is 54.6 Å². The van der Waals surface area contributed by atoms with E-state index in [1.54, 1.807) is 0 Å². The van der Waals surface area contributed by atoms with Crippen molar-refractivity contribution in [1.82, 2.24) is 0 Å². The Balaban J connectivity index is 2.45. The first-order valence-electron chi connectivity index (χ1n) is 8.45.